The zero-order valence-electron chi connectivity index (χ0n) is 16.6. The number of nitrogens with zero attached hydrogens (tertiary/aromatic N) is 2. The summed E-state index contributed by atoms with van der Waals surface area (Å²) in [6.45, 7) is 8.76. The van der Waals surface area contributed by atoms with Crippen LogP contribution >= 0.6 is 0 Å². The van der Waals surface area contributed by atoms with E-state index in [1.807, 2.05) is 38.1 Å². The molecule has 1 N–H and O–H groups in total. The highest BCUT2D eigenvalue weighted by molar-refractivity contribution is 6.10. The Kier molecular flexibility index (Phi) is 5.22. The molecule has 0 saturated heterocycles. The Morgan fingerprint density at radius 2 is 1.74 bits per heavy atom. The first-order valence-electron chi connectivity index (χ1n) is 9.36. The minimum absolute atomic E-state index is 0.0318. The number of rotatable bonds is 4. The normalized spacial score (nSPS) is 13.3. The van der Waals surface area contributed by atoms with Crippen LogP contribution in [0.3, 0.4) is 0 Å². The summed E-state index contributed by atoms with van der Waals surface area (Å²) in [5, 5.41) is 2.86. The average molecular weight is 365 g/mol. The molecule has 142 valence electrons. The lowest BCUT2D eigenvalue weighted by molar-refractivity contribution is 0.0996. The summed E-state index contributed by atoms with van der Waals surface area (Å²) < 4.78 is 0. The molecule has 5 nitrogen and oxygen atoms in total. The van der Waals surface area contributed by atoms with Crippen LogP contribution in [0.25, 0.3) is 0 Å². The van der Waals surface area contributed by atoms with Gasteiger partial charge in [0.2, 0.25) is 0 Å². The summed E-state index contributed by atoms with van der Waals surface area (Å²) >= 11 is 0. The maximum atomic E-state index is 12.9. The van der Waals surface area contributed by atoms with Crippen molar-refractivity contribution in [2.45, 2.75) is 46.2 Å². The number of nitrogens with one attached hydrogen (secondary N) is 1. The summed E-state index contributed by atoms with van der Waals surface area (Å²) in [5.41, 5.74) is 4.40. The Morgan fingerprint density at radius 1 is 1.07 bits per heavy atom. The number of carbonyl (C=O) groups is 2. The van der Waals surface area contributed by atoms with Gasteiger partial charge in [0.25, 0.3) is 5.91 Å². The highest BCUT2D eigenvalue weighted by Crippen LogP contribution is 2.31. The molecule has 0 saturated carbocycles. The van der Waals surface area contributed by atoms with Crippen molar-refractivity contribution in [2.24, 2.45) is 0 Å². The smallest absolute Gasteiger partial charge is 0.321 e. The van der Waals surface area contributed by atoms with E-state index in [-0.39, 0.29) is 18.0 Å². The third-order valence-corrected chi connectivity index (χ3v) is 5.13. The highest BCUT2D eigenvalue weighted by Gasteiger charge is 2.29. The van der Waals surface area contributed by atoms with Crippen molar-refractivity contribution in [1.29, 1.82) is 0 Å². The minimum Gasteiger partial charge on any atom is -0.325 e. The van der Waals surface area contributed by atoms with Crippen LogP contribution in [0.15, 0.2) is 42.5 Å². The van der Waals surface area contributed by atoms with Crippen LogP contribution in [-0.4, -0.2) is 29.9 Å². The summed E-state index contributed by atoms with van der Waals surface area (Å²) in [7, 11) is 1.75. The Morgan fingerprint density at radius 3 is 2.33 bits per heavy atom. The van der Waals surface area contributed by atoms with E-state index in [4.69, 9.17) is 0 Å². The van der Waals surface area contributed by atoms with Gasteiger partial charge in [-0.25, -0.2) is 4.79 Å². The molecule has 0 aromatic heterocycles. The summed E-state index contributed by atoms with van der Waals surface area (Å²) in [5.74, 6) is 0.427. The molecule has 2 aromatic carbocycles. The lowest BCUT2D eigenvalue weighted by Gasteiger charge is -2.21. The van der Waals surface area contributed by atoms with Crippen LogP contribution in [0.1, 0.15) is 55.1 Å². The van der Waals surface area contributed by atoms with Crippen LogP contribution < -0.4 is 10.2 Å². The SMILES string of the molecule is CC(C)c1ccc(N2Cc3ccc(NC(=O)N(C)C(C)C)cc3C2=O)cc1. The molecule has 0 radical (unpaired) electrons. The third-order valence-electron chi connectivity index (χ3n) is 5.13. The van der Waals surface area contributed by atoms with E-state index in [2.05, 4.69) is 31.3 Å². The van der Waals surface area contributed by atoms with Gasteiger partial charge in [0, 0.05) is 30.0 Å². The monoisotopic (exact) mass is 365 g/mol. The van der Waals surface area contributed by atoms with Crippen molar-refractivity contribution >= 4 is 23.3 Å². The van der Waals surface area contributed by atoms with E-state index in [9.17, 15) is 9.59 Å². The Bertz CT molecular complexity index is 856. The summed E-state index contributed by atoms with van der Waals surface area (Å²) in [6, 6.07) is 13.6. The molecule has 1 aliphatic rings. The lowest BCUT2D eigenvalue weighted by Crippen LogP contribution is -2.36. The van der Waals surface area contributed by atoms with Gasteiger partial charge in [-0.1, -0.05) is 32.0 Å². The van der Waals surface area contributed by atoms with Gasteiger partial charge in [0.1, 0.15) is 0 Å². The van der Waals surface area contributed by atoms with Crippen LogP contribution in [0.4, 0.5) is 16.2 Å². The molecule has 0 unspecified atom stereocenters. The predicted molar refractivity (Wildman–Crippen MR) is 109 cm³/mol. The Labute approximate surface area is 161 Å². The van der Waals surface area contributed by atoms with Crippen molar-refractivity contribution in [3.63, 3.8) is 0 Å². The first-order chi connectivity index (χ1) is 12.8. The molecule has 3 amide bonds. The molecule has 3 rings (SSSR count). The first kappa shape index (κ1) is 19.0. The zero-order valence-corrected chi connectivity index (χ0v) is 16.6. The van der Waals surface area contributed by atoms with Crippen LogP contribution in [0.5, 0.6) is 0 Å². The average Bonchev–Trinajstić information content (AvgIpc) is 2.97. The molecule has 0 aliphatic carbocycles. The highest BCUT2D eigenvalue weighted by atomic mass is 16.2. The number of carbonyl (C=O) groups excluding carboxylic acids is 2. The van der Waals surface area contributed by atoms with E-state index in [1.54, 1.807) is 22.9 Å². The standard InChI is InChI=1S/C22H27N3O2/c1-14(2)16-7-10-19(11-8-16)25-13-17-6-9-18(12-20(17)21(25)26)23-22(27)24(5)15(3)4/h6-12,14-15H,13H2,1-5H3,(H,23,27). The quantitative estimate of drug-likeness (QED) is 0.843. The fourth-order valence-electron chi connectivity index (χ4n) is 3.07. The van der Waals surface area contributed by atoms with Crippen molar-refractivity contribution in [1.82, 2.24) is 4.90 Å². The molecular weight excluding hydrogens is 338 g/mol. The number of fused-ring (bicyclic) bond motifs is 1. The molecule has 0 atom stereocenters. The molecule has 1 aliphatic heterocycles. The number of hydrogen-bond donors (Lipinski definition) is 1. The van der Waals surface area contributed by atoms with Gasteiger partial charge in [-0.2, -0.15) is 0 Å². The van der Waals surface area contributed by atoms with Gasteiger partial charge < -0.3 is 15.1 Å². The topological polar surface area (TPSA) is 52.7 Å². The maximum absolute atomic E-state index is 12.9. The van der Waals surface area contributed by atoms with Crippen molar-refractivity contribution < 1.29 is 9.59 Å². The third kappa shape index (κ3) is 3.82. The Hall–Kier alpha value is -2.82. The predicted octanol–water partition coefficient (Wildman–Crippen LogP) is 4.84. The second-order valence-corrected chi connectivity index (χ2v) is 7.64. The van der Waals surface area contributed by atoms with Gasteiger partial charge >= 0.3 is 6.03 Å². The maximum Gasteiger partial charge on any atom is 0.321 e. The van der Waals surface area contributed by atoms with Crippen LogP contribution in [0, 0.1) is 0 Å². The largest absolute Gasteiger partial charge is 0.325 e. The fourth-order valence-corrected chi connectivity index (χ4v) is 3.07. The minimum atomic E-state index is -0.184. The number of hydrogen-bond acceptors (Lipinski definition) is 2. The second-order valence-electron chi connectivity index (χ2n) is 7.64. The van der Waals surface area contributed by atoms with Gasteiger partial charge in [-0.15, -0.1) is 0 Å². The van der Waals surface area contributed by atoms with Gasteiger partial charge in [-0.05, 0) is 55.2 Å². The molecule has 0 bridgehead atoms. The van der Waals surface area contributed by atoms with E-state index in [1.165, 1.54) is 5.56 Å². The number of anilines is 2. The van der Waals surface area contributed by atoms with Crippen molar-refractivity contribution in [3.8, 4) is 0 Å². The van der Waals surface area contributed by atoms with Crippen LogP contribution in [0.2, 0.25) is 0 Å². The van der Waals surface area contributed by atoms with Gasteiger partial charge in [-0.3, -0.25) is 4.79 Å². The molecule has 27 heavy (non-hydrogen) atoms. The molecule has 0 fully saturated rings. The second kappa shape index (κ2) is 7.43. The number of benzene rings is 2. The number of urea groups is 1. The van der Waals surface area contributed by atoms with E-state index in [0.29, 0.717) is 23.7 Å². The first-order valence-corrected chi connectivity index (χ1v) is 9.36. The van der Waals surface area contributed by atoms with Gasteiger partial charge in [0.05, 0.1) is 6.54 Å². The lowest BCUT2D eigenvalue weighted by atomic mass is 10.0. The van der Waals surface area contributed by atoms with E-state index >= 15 is 0 Å². The molecule has 5 heteroatoms. The molecular formula is C22H27N3O2. The summed E-state index contributed by atoms with van der Waals surface area (Å²) in [6.07, 6.45) is 0. The molecule has 2 aromatic rings. The summed E-state index contributed by atoms with van der Waals surface area (Å²) in [4.78, 5) is 28.5. The fraction of sp³-hybridized carbons (Fsp3) is 0.364. The molecule has 1 heterocycles. The Balaban J connectivity index is 1.78. The molecule has 0 spiro atoms. The van der Waals surface area contributed by atoms with Crippen molar-refractivity contribution in [2.75, 3.05) is 17.3 Å². The van der Waals surface area contributed by atoms with Crippen molar-refractivity contribution in [3.05, 3.63) is 59.2 Å². The van der Waals surface area contributed by atoms with Gasteiger partial charge in [0.15, 0.2) is 0 Å². The van der Waals surface area contributed by atoms with E-state index < -0.39 is 0 Å². The zero-order chi connectivity index (χ0) is 19.7. The van der Waals surface area contributed by atoms with Crippen LogP contribution in [-0.2, 0) is 6.54 Å². The van der Waals surface area contributed by atoms with E-state index in [0.717, 1.165) is 11.3 Å². The number of amides is 3.